The van der Waals surface area contributed by atoms with E-state index < -0.39 is 29.9 Å². The highest BCUT2D eigenvalue weighted by atomic mass is 16.7. The van der Waals surface area contributed by atoms with Gasteiger partial charge in [0.2, 0.25) is 5.79 Å². The van der Waals surface area contributed by atoms with Crippen LogP contribution in [0.25, 0.3) is 10.8 Å². The summed E-state index contributed by atoms with van der Waals surface area (Å²) in [5.74, 6) is -1.36. The van der Waals surface area contributed by atoms with Crippen LogP contribution < -0.4 is 14.8 Å². The first-order chi connectivity index (χ1) is 29.3. The Labute approximate surface area is 353 Å². The first-order valence-corrected chi connectivity index (χ1v) is 21.5. The molecule has 1 aliphatic heterocycles. The van der Waals surface area contributed by atoms with Gasteiger partial charge in [0, 0.05) is 37.7 Å². The van der Waals surface area contributed by atoms with Crippen molar-refractivity contribution in [3.63, 3.8) is 0 Å². The molecule has 0 bridgehead atoms. The number of fused-ring (bicyclic) bond motifs is 3. The number of ether oxygens (including phenoxy) is 4. The molecule has 12 nitrogen and oxygen atoms in total. The van der Waals surface area contributed by atoms with E-state index in [9.17, 15) is 19.8 Å². The van der Waals surface area contributed by atoms with Gasteiger partial charge in [-0.2, -0.15) is 0 Å². The van der Waals surface area contributed by atoms with Gasteiger partial charge in [-0.1, -0.05) is 78.7 Å². The van der Waals surface area contributed by atoms with Crippen LogP contribution in [0.15, 0.2) is 103 Å². The highest BCUT2D eigenvalue weighted by molar-refractivity contribution is 6.03. The molecule has 3 N–H and O–H groups in total. The topological polar surface area (TPSA) is 148 Å². The Hall–Kier alpha value is -5.17. The predicted molar refractivity (Wildman–Crippen MR) is 232 cm³/mol. The number of amides is 2. The Kier molecular flexibility index (Phi) is 15.8. The summed E-state index contributed by atoms with van der Waals surface area (Å²) in [6.07, 6.45) is 9.72. The minimum Gasteiger partial charge on any atom is -0.459 e. The summed E-state index contributed by atoms with van der Waals surface area (Å²) in [5, 5.41) is 29.3. The Morgan fingerprint density at radius 2 is 1.78 bits per heavy atom. The molecule has 1 heterocycles. The van der Waals surface area contributed by atoms with Crippen LogP contribution in [0.3, 0.4) is 0 Å². The van der Waals surface area contributed by atoms with Gasteiger partial charge in [-0.15, -0.1) is 13.2 Å². The molecule has 0 radical (unpaired) electrons. The molecule has 12 heteroatoms. The lowest BCUT2D eigenvalue weighted by atomic mass is 9.55. The van der Waals surface area contributed by atoms with Crippen molar-refractivity contribution in [1.29, 1.82) is 0 Å². The summed E-state index contributed by atoms with van der Waals surface area (Å²) in [6.45, 7) is 12.9. The number of allylic oxidation sites excluding steroid dienone is 1. The third-order valence-corrected chi connectivity index (χ3v) is 11.9. The van der Waals surface area contributed by atoms with Gasteiger partial charge in [0.15, 0.2) is 0 Å². The van der Waals surface area contributed by atoms with Crippen molar-refractivity contribution in [3.05, 3.63) is 109 Å². The lowest BCUT2D eigenvalue weighted by Gasteiger charge is -2.59. The smallest absolute Gasteiger partial charge is 0.412 e. The molecule has 6 atom stereocenters. The zero-order valence-corrected chi connectivity index (χ0v) is 35.1. The molecule has 3 aromatic carbocycles. The lowest BCUT2D eigenvalue weighted by molar-refractivity contribution is -0.256. The van der Waals surface area contributed by atoms with Gasteiger partial charge >= 0.3 is 12.2 Å². The molecule has 6 rings (SSSR count). The SMILES string of the molecule is C=CCCOC(=O)N(Cc1cccc2ccccc12)C1CC(=NOCC)C2=CC(CCCCO)C(CCCCO)C3c4cc(OC(=O)NCC)ccc4OC1(OCC=C)C23. The van der Waals surface area contributed by atoms with Crippen molar-refractivity contribution < 1.29 is 43.6 Å². The molecular formula is C48H61N3O9. The molecule has 60 heavy (non-hydrogen) atoms. The van der Waals surface area contributed by atoms with Crippen LogP contribution in [0, 0.1) is 17.8 Å². The fourth-order valence-electron chi connectivity index (χ4n) is 9.37. The maximum atomic E-state index is 14.8. The average molecular weight is 824 g/mol. The second kappa shape index (κ2) is 21.4. The number of nitrogens with one attached hydrogen (secondary N) is 1. The highest BCUT2D eigenvalue weighted by Crippen LogP contribution is 2.62. The quantitative estimate of drug-likeness (QED) is 0.0545. The van der Waals surface area contributed by atoms with Crippen LogP contribution in [0.2, 0.25) is 0 Å². The Bertz CT molecular complexity index is 2010. The van der Waals surface area contributed by atoms with Crippen molar-refractivity contribution in [3.8, 4) is 11.5 Å². The van der Waals surface area contributed by atoms with E-state index in [0.717, 1.165) is 53.2 Å². The first-order valence-electron chi connectivity index (χ1n) is 21.5. The molecular weight excluding hydrogens is 763 g/mol. The molecule has 6 unspecified atom stereocenters. The van der Waals surface area contributed by atoms with Gasteiger partial charge in [-0.3, -0.25) is 4.90 Å². The number of aliphatic hydroxyl groups is 2. The summed E-state index contributed by atoms with van der Waals surface area (Å²) in [7, 11) is 0. The maximum Gasteiger partial charge on any atom is 0.412 e. The van der Waals surface area contributed by atoms with Gasteiger partial charge in [0.1, 0.15) is 24.1 Å². The third-order valence-electron chi connectivity index (χ3n) is 11.9. The van der Waals surface area contributed by atoms with Gasteiger partial charge in [-0.05, 0) is 97.9 Å². The van der Waals surface area contributed by atoms with Crippen LogP contribution in [0.4, 0.5) is 9.59 Å². The molecule has 1 fully saturated rings. The number of rotatable bonds is 21. The zero-order valence-electron chi connectivity index (χ0n) is 35.1. The largest absolute Gasteiger partial charge is 0.459 e. The van der Waals surface area contributed by atoms with Crippen molar-refractivity contribution in [1.82, 2.24) is 10.2 Å². The van der Waals surface area contributed by atoms with Gasteiger partial charge in [-0.25, -0.2) is 9.59 Å². The van der Waals surface area contributed by atoms with Crippen LogP contribution in [-0.4, -0.2) is 84.4 Å². The molecule has 0 spiro atoms. The van der Waals surface area contributed by atoms with Gasteiger partial charge in [0.25, 0.3) is 0 Å². The summed E-state index contributed by atoms with van der Waals surface area (Å²) in [6, 6.07) is 18.8. The Morgan fingerprint density at radius 3 is 2.53 bits per heavy atom. The predicted octanol–water partition coefficient (Wildman–Crippen LogP) is 8.82. The van der Waals surface area contributed by atoms with E-state index in [-0.39, 0.29) is 57.1 Å². The third kappa shape index (κ3) is 9.72. The number of aliphatic hydroxyl groups excluding tert-OH is 2. The van der Waals surface area contributed by atoms with Crippen LogP contribution in [-0.2, 0) is 20.9 Å². The molecule has 322 valence electrons. The summed E-state index contributed by atoms with van der Waals surface area (Å²) in [5.41, 5.74) is 3.36. The molecule has 3 aliphatic rings. The van der Waals surface area contributed by atoms with E-state index in [0.29, 0.717) is 49.6 Å². The first kappa shape index (κ1) is 44.4. The Balaban J connectivity index is 1.61. The van der Waals surface area contributed by atoms with Gasteiger partial charge < -0.3 is 39.3 Å². The molecule has 0 saturated heterocycles. The van der Waals surface area contributed by atoms with Crippen molar-refractivity contribution in [2.24, 2.45) is 22.9 Å². The molecule has 3 aromatic rings. The normalized spacial score (nSPS) is 23.4. The minimum atomic E-state index is -1.49. The second-order valence-electron chi connectivity index (χ2n) is 15.6. The number of carbonyl (C=O) groups is 2. The van der Waals surface area contributed by atoms with Crippen LogP contribution >= 0.6 is 0 Å². The van der Waals surface area contributed by atoms with Crippen molar-refractivity contribution >= 4 is 28.7 Å². The molecule has 0 aromatic heterocycles. The fraction of sp³-hybridized carbons (Fsp3) is 0.479. The summed E-state index contributed by atoms with van der Waals surface area (Å²) >= 11 is 0. The molecule has 1 saturated carbocycles. The fourth-order valence-corrected chi connectivity index (χ4v) is 9.37. The number of hydrogen-bond donors (Lipinski definition) is 3. The molecule has 2 aliphatic carbocycles. The number of benzene rings is 3. The van der Waals surface area contributed by atoms with Crippen LogP contribution in [0.5, 0.6) is 11.5 Å². The van der Waals surface area contributed by atoms with Gasteiger partial charge in [0.05, 0.1) is 31.4 Å². The standard InChI is InChI=1S/C48H61N3O9/c1-5-9-28-56-47(55)51(32-35-20-16-19-33-17-10-11-21-37(33)35)43-31-41(50-58-8-4)39-29-34(18-12-14-25-52)38(22-13-15-26-53)44-40-30-36(59-46(54)49-7-3)23-24-42(40)60-48(43,45(39)44)57-27-6-2/h5-6,10-11,16-17,19-21,23-24,29-30,34,38,43-45,52-53H,1-2,7-9,12-15,18,22,25-28,31-32H2,3-4H3,(H,49,54). The number of oxime groups is 1. The maximum absolute atomic E-state index is 14.8. The number of unbranched alkanes of at least 4 members (excludes halogenated alkanes) is 2. The number of hydrogen-bond acceptors (Lipinski definition) is 10. The van der Waals surface area contributed by atoms with Crippen molar-refractivity contribution in [2.75, 3.05) is 39.6 Å². The Morgan fingerprint density at radius 1 is 1.00 bits per heavy atom. The summed E-state index contributed by atoms with van der Waals surface area (Å²) in [4.78, 5) is 35.1. The van der Waals surface area contributed by atoms with E-state index in [2.05, 4.69) is 42.7 Å². The second-order valence-corrected chi connectivity index (χ2v) is 15.6. The van der Waals surface area contributed by atoms with Crippen LogP contribution in [0.1, 0.15) is 82.3 Å². The van der Waals surface area contributed by atoms with Crippen molar-refractivity contribution in [2.45, 2.75) is 89.5 Å². The average Bonchev–Trinajstić information content (AvgIpc) is 3.25. The zero-order chi connectivity index (χ0) is 42.5. The van der Waals surface area contributed by atoms with E-state index in [1.165, 1.54) is 0 Å². The van der Waals surface area contributed by atoms with E-state index in [4.69, 9.17) is 28.9 Å². The van der Waals surface area contributed by atoms with E-state index >= 15 is 0 Å². The lowest BCUT2D eigenvalue weighted by Crippen LogP contribution is -2.70. The van der Waals surface area contributed by atoms with E-state index in [1.54, 1.807) is 23.1 Å². The van der Waals surface area contributed by atoms with E-state index in [1.807, 2.05) is 50.2 Å². The number of carbonyl (C=O) groups excluding carboxylic acids is 2. The number of nitrogens with zero attached hydrogens (tertiary/aromatic N) is 2. The monoisotopic (exact) mass is 823 g/mol. The highest BCUT2D eigenvalue weighted by Gasteiger charge is 2.65. The summed E-state index contributed by atoms with van der Waals surface area (Å²) < 4.78 is 26.2. The minimum absolute atomic E-state index is 0.00350. The molecule has 2 amide bonds.